The van der Waals surface area contributed by atoms with Gasteiger partial charge in [0.05, 0.1) is 26.1 Å². The third kappa shape index (κ3) is 15.4. The van der Waals surface area contributed by atoms with Crippen LogP contribution >= 0.6 is 0 Å². The highest BCUT2D eigenvalue weighted by molar-refractivity contribution is 4.67. The van der Waals surface area contributed by atoms with Gasteiger partial charge in [0.25, 0.3) is 0 Å². The molecule has 20 heavy (non-hydrogen) atoms. The number of epoxide rings is 2. The van der Waals surface area contributed by atoms with Crippen molar-refractivity contribution in [2.24, 2.45) is 0 Å². The molecule has 0 amide bonds. The molecule has 7 nitrogen and oxygen atoms in total. The van der Waals surface area contributed by atoms with Gasteiger partial charge in [0, 0.05) is 6.61 Å². The van der Waals surface area contributed by atoms with Crippen LogP contribution in [0.3, 0.4) is 0 Å². The van der Waals surface area contributed by atoms with Crippen LogP contribution in [-0.4, -0.2) is 57.0 Å². The quantitative estimate of drug-likeness (QED) is 0.240. The minimum Gasteiger partial charge on any atom is -0.502 e. The van der Waals surface area contributed by atoms with Crippen LogP contribution < -0.4 is 0 Å². The second-order valence-electron chi connectivity index (χ2n) is 3.80. The summed E-state index contributed by atoms with van der Waals surface area (Å²) in [6.45, 7) is 12.6. The van der Waals surface area contributed by atoms with Crippen molar-refractivity contribution in [2.45, 2.75) is 39.5 Å². The van der Waals surface area contributed by atoms with E-state index in [1.807, 2.05) is 20.8 Å². The zero-order valence-electron chi connectivity index (χ0n) is 12.4. The molecule has 0 aromatic heterocycles. The molecule has 0 radical (unpaired) electrons. The second kappa shape index (κ2) is 13.3. The lowest BCUT2D eigenvalue weighted by molar-refractivity contribution is -0.273. The molecule has 2 aliphatic rings. The smallest absolute Gasteiger partial charge is 0.214 e. The molecule has 3 unspecified atom stereocenters. The fraction of sp³-hybridized carbons (Fsp3) is 0.846. The Kier molecular flexibility index (Phi) is 12.8. The molecule has 120 valence electrons. The molecule has 0 aromatic carbocycles. The maximum atomic E-state index is 7.58. The molecule has 2 aliphatic heterocycles. The summed E-state index contributed by atoms with van der Waals surface area (Å²) in [5.41, 5.74) is 0. The third-order valence-corrected chi connectivity index (χ3v) is 2.03. The highest BCUT2D eigenvalue weighted by Gasteiger charge is 2.23. The van der Waals surface area contributed by atoms with E-state index in [-0.39, 0.29) is 12.6 Å². The largest absolute Gasteiger partial charge is 0.502 e. The van der Waals surface area contributed by atoms with E-state index in [1.54, 1.807) is 0 Å². The minimum absolute atomic E-state index is 0.0887. The van der Waals surface area contributed by atoms with Gasteiger partial charge >= 0.3 is 0 Å². The number of rotatable bonds is 8. The fourth-order valence-corrected chi connectivity index (χ4v) is 0.908. The summed E-state index contributed by atoms with van der Waals surface area (Å²) in [5.74, 6) is 0. The van der Waals surface area contributed by atoms with Gasteiger partial charge in [0.15, 0.2) is 6.29 Å². The first-order valence-electron chi connectivity index (χ1n) is 6.66. The van der Waals surface area contributed by atoms with E-state index in [1.165, 1.54) is 6.26 Å². The van der Waals surface area contributed by atoms with Crippen LogP contribution in [-0.2, 0) is 28.6 Å². The van der Waals surface area contributed by atoms with Crippen LogP contribution in [0.15, 0.2) is 12.8 Å². The van der Waals surface area contributed by atoms with Crippen molar-refractivity contribution in [3.05, 3.63) is 12.8 Å². The van der Waals surface area contributed by atoms with E-state index in [2.05, 4.69) is 20.9 Å². The summed E-state index contributed by atoms with van der Waals surface area (Å²) in [6.07, 6.45) is 1.37. The average Bonchev–Trinajstić information content (AvgIpc) is 3.33. The predicted octanol–water partition coefficient (Wildman–Crippen LogP) is 1.78. The van der Waals surface area contributed by atoms with E-state index >= 15 is 0 Å². The van der Waals surface area contributed by atoms with E-state index < -0.39 is 0 Å². The van der Waals surface area contributed by atoms with E-state index in [0.717, 1.165) is 13.2 Å². The molecule has 7 heteroatoms. The second-order valence-corrected chi connectivity index (χ2v) is 3.80. The van der Waals surface area contributed by atoms with Gasteiger partial charge in [-0.15, -0.1) is 0 Å². The van der Waals surface area contributed by atoms with E-state index in [4.69, 9.17) is 19.5 Å². The van der Waals surface area contributed by atoms with Gasteiger partial charge in [0.2, 0.25) is 6.29 Å². The van der Waals surface area contributed by atoms with Gasteiger partial charge in [-0.3, -0.25) is 0 Å². The summed E-state index contributed by atoms with van der Waals surface area (Å²) in [6, 6.07) is 0. The first-order valence-corrected chi connectivity index (χ1v) is 6.66. The summed E-state index contributed by atoms with van der Waals surface area (Å²) in [7, 11) is 0. The third-order valence-electron chi connectivity index (χ3n) is 2.03. The Morgan fingerprint density at radius 3 is 2.15 bits per heavy atom. The van der Waals surface area contributed by atoms with Crippen molar-refractivity contribution in [2.75, 3.05) is 33.0 Å². The lowest BCUT2D eigenvalue weighted by Crippen LogP contribution is -2.15. The summed E-state index contributed by atoms with van der Waals surface area (Å²) in [5, 5.41) is 7.58. The molecular weight excluding hydrogens is 268 g/mol. The normalized spacial score (nSPS) is 23.4. The van der Waals surface area contributed by atoms with Gasteiger partial charge in [-0.2, -0.15) is 0 Å². The average molecular weight is 294 g/mol. The molecule has 2 saturated heterocycles. The molecule has 0 saturated carbocycles. The maximum Gasteiger partial charge on any atom is 0.214 e. The van der Waals surface area contributed by atoms with E-state index in [9.17, 15) is 0 Å². The molecule has 1 N–H and O–H groups in total. The van der Waals surface area contributed by atoms with Crippen LogP contribution in [0.1, 0.15) is 20.8 Å². The van der Waals surface area contributed by atoms with E-state index in [0.29, 0.717) is 25.9 Å². The Balaban J connectivity index is 0.000000304. The van der Waals surface area contributed by atoms with Gasteiger partial charge in [-0.1, -0.05) is 6.58 Å². The lowest BCUT2D eigenvalue weighted by atomic mass is 10.5. The number of ether oxygens (including phenoxy) is 5. The SMILES string of the molecule is C=COCC.CCOC(C)OCC1CO1.OOC1CO1. The van der Waals surface area contributed by atoms with Crippen LogP contribution in [0.4, 0.5) is 0 Å². The van der Waals surface area contributed by atoms with Crippen molar-refractivity contribution in [3.8, 4) is 0 Å². The Morgan fingerprint density at radius 1 is 1.25 bits per heavy atom. The molecular formula is C13H26O7. The number of hydrogen-bond acceptors (Lipinski definition) is 7. The predicted molar refractivity (Wildman–Crippen MR) is 72.1 cm³/mol. The van der Waals surface area contributed by atoms with Crippen molar-refractivity contribution < 1.29 is 33.8 Å². The number of hydrogen-bond donors (Lipinski definition) is 1. The Bertz CT molecular complexity index is 217. The Labute approximate surface area is 120 Å². The van der Waals surface area contributed by atoms with Crippen molar-refractivity contribution >= 4 is 0 Å². The molecule has 2 rings (SSSR count). The standard InChI is InChI=1S/C7H14O3.C4H8O.C2H4O3/c1-3-8-6(2)9-4-7-5-10-7;1-3-5-4-2;3-5-2-1-4-2/h6-7H,3-5H2,1-2H3;3H,1,4H2,2H3;2-3H,1H2. The first kappa shape index (κ1) is 19.3. The highest BCUT2D eigenvalue weighted by Crippen LogP contribution is 2.09. The van der Waals surface area contributed by atoms with Crippen LogP contribution in [0.25, 0.3) is 0 Å². The zero-order valence-corrected chi connectivity index (χ0v) is 12.4. The monoisotopic (exact) mass is 294 g/mol. The highest BCUT2D eigenvalue weighted by atomic mass is 17.2. The Hall–Kier alpha value is -0.700. The first-order chi connectivity index (χ1) is 9.67. The molecule has 0 aromatic rings. The summed E-state index contributed by atoms with van der Waals surface area (Å²) in [4.78, 5) is 3.64. The Morgan fingerprint density at radius 2 is 1.90 bits per heavy atom. The van der Waals surface area contributed by atoms with Crippen LogP contribution in [0, 0.1) is 0 Å². The van der Waals surface area contributed by atoms with Crippen LogP contribution in [0.2, 0.25) is 0 Å². The molecule has 0 spiro atoms. The molecule has 2 heterocycles. The molecule has 3 atom stereocenters. The minimum atomic E-state index is -0.310. The van der Waals surface area contributed by atoms with Gasteiger partial charge < -0.3 is 23.7 Å². The van der Waals surface area contributed by atoms with Crippen molar-refractivity contribution in [1.82, 2.24) is 0 Å². The van der Waals surface area contributed by atoms with Gasteiger partial charge in [-0.05, 0) is 20.8 Å². The van der Waals surface area contributed by atoms with Gasteiger partial charge in [0.1, 0.15) is 12.7 Å². The zero-order chi connectivity index (χ0) is 15.2. The molecule has 2 fully saturated rings. The van der Waals surface area contributed by atoms with Crippen LogP contribution in [0.5, 0.6) is 0 Å². The van der Waals surface area contributed by atoms with Crippen molar-refractivity contribution in [3.63, 3.8) is 0 Å². The topological polar surface area (TPSA) is 82.2 Å². The van der Waals surface area contributed by atoms with Gasteiger partial charge in [-0.25, -0.2) is 10.1 Å². The summed E-state index contributed by atoms with van der Waals surface area (Å²) >= 11 is 0. The lowest BCUT2D eigenvalue weighted by Gasteiger charge is -2.10. The molecule has 0 aliphatic carbocycles. The molecule has 0 bridgehead atoms. The maximum absolute atomic E-state index is 7.58. The van der Waals surface area contributed by atoms with Crippen molar-refractivity contribution in [1.29, 1.82) is 0 Å². The summed E-state index contributed by atoms with van der Waals surface area (Å²) < 4.78 is 24.3. The fourth-order valence-electron chi connectivity index (χ4n) is 0.908.